The number of benzene rings is 2. The van der Waals surface area contributed by atoms with Gasteiger partial charge in [-0.3, -0.25) is 24.4 Å². The van der Waals surface area contributed by atoms with Crippen LogP contribution in [0.25, 0.3) is 22.4 Å². The number of rotatable bonds is 3. The van der Waals surface area contributed by atoms with Crippen molar-refractivity contribution >= 4 is 17.7 Å². The summed E-state index contributed by atoms with van der Waals surface area (Å²) < 4.78 is 17.4. The lowest BCUT2D eigenvalue weighted by molar-refractivity contribution is -0.136. The lowest BCUT2D eigenvalue weighted by Crippen LogP contribution is -2.52. The molecule has 1 N–H and O–H groups in total. The number of aryl methyl sites for hydroxylation is 1. The van der Waals surface area contributed by atoms with Gasteiger partial charge < -0.3 is 4.90 Å². The van der Waals surface area contributed by atoms with Crippen molar-refractivity contribution in [3.8, 4) is 22.4 Å². The molecule has 0 saturated carbocycles. The highest BCUT2D eigenvalue weighted by Crippen LogP contribution is 2.38. The molecule has 0 bridgehead atoms. The fourth-order valence-electron chi connectivity index (χ4n) is 4.39. The molecule has 0 radical (unpaired) electrons. The van der Waals surface area contributed by atoms with E-state index in [9.17, 15) is 14.4 Å². The Balaban J connectivity index is 1.54. The first-order valence-electron chi connectivity index (χ1n) is 9.99. The standard InChI is InChI=1S/C23H19FN4O3/c1-27-21(13-5-3-2-4-6-13)16(11-25-27)14-7-8-15-17(20(14)24)12-28(23(15)31)18-9-10-19(29)26-22(18)30/h2-8,11,18H,9-10,12H2,1H3,(H,26,29,30). The third kappa shape index (κ3) is 3.02. The van der Waals surface area contributed by atoms with Crippen molar-refractivity contribution in [2.24, 2.45) is 7.05 Å². The number of nitrogens with zero attached hydrogens (tertiary/aromatic N) is 3. The molecule has 2 aliphatic rings. The largest absolute Gasteiger partial charge is 0.322 e. The number of piperidine rings is 1. The Morgan fingerprint density at radius 1 is 1.03 bits per heavy atom. The van der Waals surface area contributed by atoms with Crippen LogP contribution in [0.4, 0.5) is 4.39 Å². The molecule has 0 spiro atoms. The lowest BCUT2D eigenvalue weighted by atomic mass is 9.97. The van der Waals surface area contributed by atoms with Gasteiger partial charge in [-0.05, 0) is 12.5 Å². The molecular weight excluding hydrogens is 399 g/mol. The average molecular weight is 418 g/mol. The van der Waals surface area contributed by atoms with E-state index in [0.717, 1.165) is 11.3 Å². The Kier molecular flexibility index (Phi) is 4.43. The highest BCUT2D eigenvalue weighted by molar-refractivity contribution is 6.05. The highest BCUT2D eigenvalue weighted by atomic mass is 19.1. The zero-order valence-corrected chi connectivity index (χ0v) is 16.8. The molecule has 8 heteroatoms. The van der Waals surface area contributed by atoms with Crippen LogP contribution in [0.1, 0.15) is 28.8 Å². The zero-order valence-electron chi connectivity index (χ0n) is 16.8. The number of hydrogen-bond donors (Lipinski definition) is 1. The lowest BCUT2D eigenvalue weighted by Gasteiger charge is -2.29. The number of carbonyl (C=O) groups is 3. The van der Waals surface area contributed by atoms with E-state index in [1.54, 1.807) is 30.1 Å². The van der Waals surface area contributed by atoms with Crippen molar-refractivity contribution in [3.63, 3.8) is 0 Å². The maximum atomic E-state index is 15.7. The Morgan fingerprint density at radius 2 is 1.77 bits per heavy atom. The monoisotopic (exact) mass is 418 g/mol. The van der Waals surface area contributed by atoms with Crippen molar-refractivity contribution in [1.29, 1.82) is 0 Å². The minimum Gasteiger partial charge on any atom is -0.322 e. The summed E-state index contributed by atoms with van der Waals surface area (Å²) >= 11 is 0. The van der Waals surface area contributed by atoms with Crippen molar-refractivity contribution in [2.45, 2.75) is 25.4 Å². The Bertz CT molecular complexity index is 1240. The summed E-state index contributed by atoms with van der Waals surface area (Å²) in [4.78, 5) is 37.9. The van der Waals surface area contributed by atoms with E-state index in [4.69, 9.17) is 0 Å². The molecule has 1 saturated heterocycles. The van der Waals surface area contributed by atoms with Crippen molar-refractivity contribution in [3.05, 3.63) is 65.6 Å². The Labute approximate surface area is 177 Å². The molecule has 5 rings (SSSR count). The topological polar surface area (TPSA) is 84.3 Å². The highest BCUT2D eigenvalue weighted by Gasteiger charge is 2.40. The number of imide groups is 1. The fraction of sp³-hybridized carbons (Fsp3) is 0.217. The smallest absolute Gasteiger partial charge is 0.255 e. The van der Waals surface area contributed by atoms with E-state index in [0.29, 0.717) is 11.1 Å². The maximum absolute atomic E-state index is 15.7. The first-order valence-corrected chi connectivity index (χ1v) is 9.99. The minimum atomic E-state index is -0.779. The normalized spacial score (nSPS) is 18.3. The molecule has 2 aliphatic heterocycles. The molecule has 1 unspecified atom stereocenters. The molecular formula is C23H19FN4O3. The molecule has 156 valence electrons. The molecule has 1 atom stereocenters. The summed E-state index contributed by atoms with van der Waals surface area (Å²) in [5.41, 5.74) is 3.15. The van der Waals surface area contributed by atoms with Gasteiger partial charge in [0.2, 0.25) is 11.8 Å². The van der Waals surface area contributed by atoms with Gasteiger partial charge in [0.25, 0.3) is 5.91 Å². The second-order valence-corrected chi connectivity index (χ2v) is 7.75. The molecule has 0 aliphatic carbocycles. The summed E-state index contributed by atoms with van der Waals surface area (Å²) in [6.45, 7) is -0.0128. The minimum absolute atomic E-state index is 0.0128. The number of fused-ring (bicyclic) bond motifs is 1. The third-order valence-corrected chi connectivity index (χ3v) is 5.93. The Morgan fingerprint density at radius 3 is 2.52 bits per heavy atom. The third-order valence-electron chi connectivity index (χ3n) is 5.93. The average Bonchev–Trinajstić information content (AvgIpc) is 3.30. The van der Waals surface area contributed by atoms with Gasteiger partial charge in [-0.15, -0.1) is 0 Å². The second kappa shape index (κ2) is 7.16. The van der Waals surface area contributed by atoms with Gasteiger partial charge in [-0.1, -0.05) is 36.4 Å². The fourth-order valence-corrected chi connectivity index (χ4v) is 4.39. The van der Waals surface area contributed by atoms with Gasteiger partial charge in [-0.25, -0.2) is 4.39 Å². The van der Waals surface area contributed by atoms with Crippen LogP contribution in [0.5, 0.6) is 0 Å². The summed E-state index contributed by atoms with van der Waals surface area (Å²) in [7, 11) is 1.80. The van der Waals surface area contributed by atoms with Crippen molar-refractivity contribution < 1.29 is 18.8 Å². The predicted molar refractivity (Wildman–Crippen MR) is 110 cm³/mol. The maximum Gasteiger partial charge on any atom is 0.255 e. The predicted octanol–water partition coefficient (Wildman–Crippen LogP) is 2.65. The van der Waals surface area contributed by atoms with Gasteiger partial charge in [0.05, 0.1) is 18.4 Å². The molecule has 3 aromatic rings. The van der Waals surface area contributed by atoms with Crippen LogP contribution in [-0.2, 0) is 23.2 Å². The molecule has 2 aromatic carbocycles. The molecule has 3 heterocycles. The number of carbonyl (C=O) groups excluding carboxylic acids is 3. The van der Waals surface area contributed by atoms with E-state index in [-0.39, 0.29) is 36.4 Å². The summed E-state index contributed by atoms with van der Waals surface area (Å²) in [6.07, 6.45) is 2.00. The van der Waals surface area contributed by atoms with Crippen LogP contribution < -0.4 is 5.32 Å². The summed E-state index contributed by atoms with van der Waals surface area (Å²) in [6, 6.07) is 12.0. The summed E-state index contributed by atoms with van der Waals surface area (Å²) in [5.74, 6) is -1.77. The second-order valence-electron chi connectivity index (χ2n) is 7.75. The van der Waals surface area contributed by atoms with Crippen LogP contribution in [0.2, 0.25) is 0 Å². The van der Waals surface area contributed by atoms with Crippen LogP contribution in [0.3, 0.4) is 0 Å². The van der Waals surface area contributed by atoms with E-state index >= 15 is 4.39 Å². The van der Waals surface area contributed by atoms with Crippen molar-refractivity contribution in [1.82, 2.24) is 20.0 Å². The molecule has 1 fully saturated rings. The van der Waals surface area contributed by atoms with E-state index in [2.05, 4.69) is 10.4 Å². The SMILES string of the molecule is Cn1ncc(-c2ccc3c(c2F)CN(C2CCC(=O)NC2=O)C3=O)c1-c1ccccc1. The number of halogens is 1. The van der Waals surface area contributed by atoms with Gasteiger partial charge in [0.1, 0.15) is 11.9 Å². The van der Waals surface area contributed by atoms with Gasteiger partial charge in [-0.2, -0.15) is 5.10 Å². The van der Waals surface area contributed by atoms with Crippen LogP contribution in [0.15, 0.2) is 48.7 Å². The zero-order chi connectivity index (χ0) is 21.7. The van der Waals surface area contributed by atoms with Gasteiger partial charge in [0, 0.05) is 41.3 Å². The molecule has 31 heavy (non-hydrogen) atoms. The van der Waals surface area contributed by atoms with Crippen LogP contribution in [-0.4, -0.2) is 38.4 Å². The van der Waals surface area contributed by atoms with Crippen molar-refractivity contribution in [2.75, 3.05) is 0 Å². The quantitative estimate of drug-likeness (QED) is 0.663. The Hall–Kier alpha value is -3.81. The number of aromatic nitrogens is 2. The van der Waals surface area contributed by atoms with E-state index in [1.165, 1.54) is 4.90 Å². The molecule has 7 nitrogen and oxygen atoms in total. The van der Waals surface area contributed by atoms with Crippen LogP contribution >= 0.6 is 0 Å². The van der Waals surface area contributed by atoms with E-state index in [1.807, 2.05) is 30.3 Å². The first-order chi connectivity index (χ1) is 15.0. The first kappa shape index (κ1) is 19.2. The molecule has 1 aromatic heterocycles. The number of amides is 3. The number of nitrogens with one attached hydrogen (secondary N) is 1. The molecule has 3 amide bonds. The summed E-state index contributed by atoms with van der Waals surface area (Å²) in [5, 5.41) is 6.57. The number of hydrogen-bond acceptors (Lipinski definition) is 4. The van der Waals surface area contributed by atoms with E-state index < -0.39 is 23.7 Å². The van der Waals surface area contributed by atoms with Gasteiger partial charge in [0.15, 0.2) is 0 Å². The van der Waals surface area contributed by atoms with Crippen LogP contribution in [0, 0.1) is 5.82 Å². The van der Waals surface area contributed by atoms with Gasteiger partial charge >= 0.3 is 0 Å².